The van der Waals surface area contributed by atoms with Gasteiger partial charge in [0, 0.05) is 31.7 Å². The van der Waals surface area contributed by atoms with E-state index in [1.807, 2.05) is 18.2 Å². The third-order valence-electron chi connectivity index (χ3n) is 7.40. The number of ether oxygens (including phenoxy) is 2. The number of fused-ring (bicyclic) bond motifs is 1. The van der Waals surface area contributed by atoms with Crippen LogP contribution in [-0.2, 0) is 0 Å². The van der Waals surface area contributed by atoms with Crippen LogP contribution in [0.4, 0.5) is 5.13 Å². The maximum atomic E-state index is 5.83. The predicted octanol–water partition coefficient (Wildman–Crippen LogP) is 4.33. The molecule has 1 aliphatic carbocycles. The topological polar surface area (TPSA) is 81.4 Å². The molecule has 0 N–H and O–H groups in total. The number of hydrogen-bond acceptors (Lipinski definition) is 9. The van der Waals surface area contributed by atoms with Crippen LogP contribution in [0.25, 0.3) is 10.2 Å². The number of anilines is 1. The molecule has 2 aromatic carbocycles. The number of tetrazole rings is 1. The molecule has 4 aromatic rings. The van der Waals surface area contributed by atoms with Crippen molar-refractivity contribution < 1.29 is 9.47 Å². The van der Waals surface area contributed by atoms with Crippen LogP contribution in [0.1, 0.15) is 49.2 Å². The molecule has 2 aromatic heterocycles. The Hall–Kier alpha value is -3.24. The highest BCUT2D eigenvalue weighted by molar-refractivity contribution is 7.22. The summed E-state index contributed by atoms with van der Waals surface area (Å²) in [5.74, 6) is 2.49. The summed E-state index contributed by atoms with van der Waals surface area (Å²) in [4.78, 5) is 9.74. The van der Waals surface area contributed by atoms with Gasteiger partial charge >= 0.3 is 0 Å². The summed E-state index contributed by atoms with van der Waals surface area (Å²) in [6.45, 7) is 3.48. The number of nitrogens with zero attached hydrogens (tertiary/aromatic N) is 7. The fourth-order valence-electron chi connectivity index (χ4n) is 5.51. The lowest BCUT2D eigenvalue weighted by Crippen LogP contribution is -2.48. The highest BCUT2D eigenvalue weighted by atomic mass is 32.1. The molecule has 9 nitrogen and oxygen atoms in total. The Morgan fingerprint density at radius 2 is 1.78 bits per heavy atom. The van der Waals surface area contributed by atoms with Gasteiger partial charge in [0.25, 0.3) is 0 Å². The van der Waals surface area contributed by atoms with Gasteiger partial charge < -0.3 is 14.4 Å². The van der Waals surface area contributed by atoms with E-state index in [0.717, 1.165) is 72.6 Å². The molecule has 188 valence electrons. The number of para-hydroxylation sites is 1. The molecular weight excluding hydrogens is 474 g/mol. The van der Waals surface area contributed by atoms with Gasteiger partial charge in [-0.3, -0.25) is 4.90 Å². The van der Waals surface area contributed by atoms with Crippen molar-refractivity contribution in [3.8, 4) is 11.5 Å². The van der Waals surface area contributed by atoms with E-state index in [9.17, 15) is 0 Å². The van der Waals surface area contributed by atoms with Crippen LogP contribution in [0, 0.1) is 0 Å². The largest absolute Gasteiger partial charge is 0.497 e. The van der Waals surface area contributed by atoms with Crippen molar-refractivity contribution >= 4 is 26.7 Å². The van der Waals surface area contributed by atoms with Gasteiger partial charge in [-0.15, -0.1) is 5.10 Å². The molecule has 0 amide bonds. The monoisotopic (exact) mass is 505 g/mol. The molecule has 0 spiro atoms. The van der Waals surface area contributed by atoms with Crippen LogP contribution in [-0.4, -0.2) is 70.5 Å². The molecule has 3 heterocycles. The first kappa shape index (κ1) is 23.2. The Kier molecular flexibility index (Phi) is 6.45. The summed E-state index contributed by atoms with van der Waals surface area (Å²) < 4.78 is 14.7. The predicted molar refractivity (Wildman–Crippen MR) is 140 cm³/mol. The van der Waals surface area contributed by atoms with Gasteiger partial charge in [-0.1, -0.05) is 36.3 Å². The Bertz CT molecular complexity index is 1290. The number of thiazole rings is 1. The molecule has 0 radical (unpaired) electrons. The van der Waals surface area contributed by atoms with Crippen LogP contribution in [0.2, 0.25) is 0 Å². The Morgan fingerprint density at radius 3 is 2.53 bits per heavy atom. The van der Waals surface area contributed by atoms with E-state index in [4.69, 9.17) is 14.5 Å². The molecule has 1 saturated carbocycles. The molecule has 6 rings (SSSR count). The van der Waals surface area contributed by atoms with Crippen molar-refractivity contribution in [1.82, 2.24) is 30.1 Å². The first-order valence-corrected chi connectivity index (χ1v) is 13.4. The lowest BCUT2D eigenvalue weighted by atomic mass is 10.0. The van der Waals surface area contributed by atoms with E-state index in [-0.39, 0.29) is 6.04 Å². The minimum Gasteiger partial charge on any atom is -0.497 e. The zero-order chi connectivity index (χ0) is 24.5. The van der Waals surface area contributed by atoms with E-state index in [2.05, 4.69) is 54.3 Å². The maximum Gasteiger partial charge on any atom is 0.186 e. The summed E-state index contributed by atoms with van der Waals surface area (Å²) in [7, 11) is 3.41. The molecule has 2 aliphatic rings. The van der Waals surface area contributed by atoms with Crippen molar-refractivity contribution in [2.45, 2.75) is 37.8 Å². The molecule has 1 aliphatic heterocycles. The third kappa shape index (κ3) is 4.28. The van der Waals surface area contributed by atoms with E-state index < -0.39 is 0 Å². The normalized spacial score (nSPS) is 18.1. The minimum atomic E-state index is -0.136. The molecule has 0 bridgehead atoms. The summed E-state index contributed by atoms with van der Waals surface area (Å²) in [5, 5.41) is 14.3. The van der Waals surface area contributed by atoms with Gasteiger partial charge in [-0.05, 0) is 53.6 Å². The van der Waals surface area contributed by atoms with Crippen molar-refractivity contribution in [2.75, 3.05) is 45.3 Å². The average molecular weight is 506 g/mol. The van der Waals surface area contributed by atoms with Crippen LogP contribution >= 0.6 is 11.3 Å². The van der Waals surface area contributed by atoms with Crippen molar-refractivity contribution in [2.24, 2.45) is 0 Å². The Morgan fingerprint density at radius 1 is 0.972 bits per heavy atom. The number of piperazine rings is 1. The molecule has 2 fully saturated rings. The fourth-order valence-corrected chi connectivity index (χ4v) is 6.53. The van der Waals surface area contributed by atoms with Crippen molar-refractivity contribution in [1.29, 1.82) is 0 Å². The smallest absolute Gasteiger partial charge is 0.186 e. The standard InChI is InChI=1S/C26H31N7O2S/c1-34-19-11-12-22(35-2)20(17-19)24(25-28-29-30-33(25)18-7-3-4-8-18)31-13-15-32(16-14-31)26-27-21-9-5-6-10-23(21)36-26/h5-6,9-12,17-18,24H,3-4,7-8,13-16H2,1-2H3/t24-/m0/s1. The van der Waals surface area contributed by atoms with E-state index in [0.29, 0.717) is 6.04 Å². The highest BCUT2D eigenvalue weighted by Crippen LogP contribution is 2.39. The zero-order valence-corrected chi connectivity index (χ0v) is 21.5. The second-order valence-electron chi connectivity index (χ2n) is 9.42. The third-order valence-corrected chi connectivity index (χ3v) is 8.49. The lowest BCUT2D eigenvalue weighted by Gasteiger charge is -2.39. The molecule has 0 unspecified atom stereocenters. The zero-order valence-electron chi connectivity index (χ0n) is 20.7. The molecular formula is C26H31N7O2S. The summed E-state index contributed by atoms with van der Waals surface area (Å²) in [6.07, 6.45) is 4.67. The molecule has 1 atom stereocenters. The first-order valence-electron chi connectivity index (χ1n) is 12.6. The number of hydrogen-bond donors (Lipinski definition) is 0. The summed E-state index contributed by atoms with van der Waals surface area (Å²) in [5.41, 5.74) is 2.09. The Balaban J connectivity index is 1.33. The molecule has 10 heteroatoms. The van der Waals surface area contributed by atoms with Crippen LogP contribution in [0.5, 0.6) is 11.5 Å². The van der Waals surface area contributed by atoms with E-state index >= 15 is 0 Å². The summed E-state index contributed by atoms with van der Waals surface area (Å²) >= 11 is 1.76. The van der Waals surface area contributed by atoms with Gasteiger partial charge in [0.1, 0.15) is 17.5 Å². The number of rotatable bonds is 7. The van der Waals surface area contributed by atoms with E-state index in [1.54, 1.807) is 25.6 Å². The minimum absolute atomic E-state index is 0.136. The first-order chi connectivity index (χ1) is 17.7. The van der Waals surface area contributed by atoms with Gasteiger partial charge in [0.2, 0.25) is 0 Å². The average Bonchev–Trinajstić information content (AvgIpc) is 3.70. The Labute approximate surface area is 214 Å². The van der Waals surface area contributed by atoms with Gasteiger partial charge in [-0.25, -0.2) is 9.67 Å². The van der Waals surface area contributed by atoms with Gasteiger partial charge in [0.05, 0.1) is 30.5 Å². The molecule has 36 heavy (non-hydrogen) atoms. The number of aromatic nitrogens is 5. The number of methoxy groups -OCH3 is 2. The van der Waals surface area contributed by atoms with Crippen molar-refractivity contribution in [3.05, 3.63) is 53.9 Å². The lowest BCUT2D eigenvalue weighted by molar-refractivity contribution is 0.194. The van der Waals surface area contributed by atoms with E-state index in [1.165, 1.54) is 17.5 Å². The van der Waals surface area contributed by atoms with Crippen LogP contribution in [0.15, 0.2) is 42.5 Å². The van der Waals surface area contributed by atoms with Crippen LogP contribution in [0.3, 0.4) is 0 Å². The fraction of sp³-hybridized carbons (Fsp3) is 0.462. The number of benzene rings is 2. The quantitative estimate of drug-likeness (QED) is 0.367. The maximum absolute atomic E-state index is 5.83. The SMILES string of the molecule is COc1ccc(OC)c([C@@H](c2nnnn2C2CCCC2)N2CCN(c3nc4ccccc4s3)CC2)c1. The van der Waals surface area contributed by atoms with Crippen molar-refractivity contribution in [3.63, 3.8) is 0 Å². The summed E-state index contributed by atoms with van der Waals surface area (Å²) in [6, 6.07) is 14.5. The van der Waals surface area contributed by atoms with Crippen LogP contribution < -0.4 is 14.4 Å². The molecule has 1 saturated heterocycles. The second kappa shape index (κ2) is 10.0. The second-order valence-corrected chi connectivity index (χ2v) is 10.4. The highest BCUT2D eigenvalue weighted by Gasteiger charge is 2.35. The van der Waals surface area contributed by atoms with Gasteiger partial charge in [-0.2, -0.15) is 0 Å². The van der Waals surface area contributed by atoms with Gasteiger partial charge in [0.15, 0.2) is 11.0 Å².